The van der Waals surface area contributed by atoms with Crippen molar-refractivity contribution < 1.29 is 14.3 Å². The predicted octanol–water partition coefficient (Wildman–Crippen LogP) is 1.02. The van der Waals surface area contributed by atoms with Crippen LogP contribution in [0.4, 0.5) is 5.69 Å². The van der Waals surface area contributed by atoms with Gasteiger partial charge in [0.05, 0.1) is 12.3 Å². The van der Waals surface area contributed by atoms with E-state index in [0.717, 1.165) is 15.6 Å². The van der Waals surface area contributed by atoms with Gasteiger partial charge in [-0.25, -0.2) is 0 Å². The molecular weight excluding hydrogens is 290 g/mol. The molecule has 0 saturated carbocycles. The van der Waals surface area contributed by atoms with E-state index in [1.54, 1.807) is 0 Å². The maximum Gasteiger partial charge on any atom is 0.263 e. The molecule has 112 valence electrons. The van der Waals surface area contributed by atoms with Crippen molar-refractivity contribution in [1.29, 1.82) is 0 Å². The Kier molecular flexibility index (Phi) is 4.77. The van der Waals surface area contributed by atoms with E-state index in [1.807, 2.05) is 25.1 Å². The Morgan fingerprint density at radius 2 is 2.14 bits per heavy atom. The van der Waals surface area contributed by atoms with E-state index in [-0.39, 0.29) is 19.1 Å². The van der Waals surface area contributed by atoms with Gasteiger partial charge in [-0.05, 0) is 12.5 Å². The van der Waals surface area contributed by atoms with Gasteiger partial charge < -0.3 is 21.5 Å². The lowest BCUT2D eigenvalue weighted by atomic mass is 10.1. The highest BCUT2D eigenvalue weighted by molar-refractivity contribution is 7.21. The van der Waals surface area contributed by atoms with Crippen molar-refractivity contribution in [2.75, 3.05) is 25.5 Å². The van der Waals surface area contributed by atoms with Gasteiger partial charge in [0, 0.05) is 16.6 Å². The molecule has 2 aromatic rings. The Labute approximate surface area is 126 Å². The number of carbonyl (C=O) groups is 2. The van der Waals surface area contributed by atoms with Crippen molar-refractivity contribution in [2.24, 2.45) is 5.73 Å². The molecule has 0 fully saturated rings. The van der Waals surface area contributed by atoms with Crippen LogP contribution in [0.2, 0.25) is 0 Å². The molecule has 0 aliphatic rings. The molecule has 0 aliphatic heterocycles. The highest BCUT2D eigenvalue weighted by atomic mass is 32.1. The predicted molar refractivity (Wildman–Crippen MR) is 83.3 cm³/mol. The number of amides is 2. The number of ether oxygens (including phenoxy) is 1. The summed E-state index contributed by atoms with van der Waals surface area (Å²) in [6.07, 6.45) is 0. The minimum atomic E-state index is -0.537. The van der Waals surface area contributed by atoms with Crippen molar-refractivity contribution in [2.45, 2.75) is 6.92 Å². The molecule has 1 aromatic carbocycles. The number of primary amides is 1. The molecule has 0 spiro atoms. The van der Waals surface area contributed by atoms with Crippen molar-refractivity contribution in [1.82, 2.24) is 5.32 Å². The number of thiophene rings is 1. The number of fused-ring (bicyclic) bond motifs is 1. The number of nitrogen functional groups attached to an aromatic ring is 1. The van der Waals surface area contributed by atoms with Crippen molar-refractivity contribution in [3.63, 3.8) is 0 Å². The molecule has 21 heavy (non-hydrogen) atoms. The molecule has 1 aromatic heterocycles. The Balaban J connectivity index is 2.01. The summed E-state index contributed by atoms with van der Waals surface area (Å²) >= 11 is 1.38. The molecule has 0 radical (unpaired) electrons. The zero-order valence-corrected chi connectivity index (χ0v) is 12.5. The van der Waals surface area contributed by atoms with Crippen LogP contribution in [0.1, 0.15) is 15.2 Å². The van der Waals surface area contributed by atoms with Gasteiger partial charge in [-0.3, -0.25) is 9.59 Å². The van der Waals surface area contributed by atoms with Gasteiger partial charge in [-0.1, -0.05) is 18.2 Å². The Morgan fingerprint density at radius 3 is 2.81 bits per heavy atom. The summed E-state index contributed by atoms with van der Waals surface area (Å²) in [5.74, 6) is -0.777. The molecule has 0 unspecified atom stereocenters. The number of anilines is 1. The first kappa shape index (κ1) is 15.3. The van der Waals surface area contributed by atoms with Crippen LogP contribution in [0, 0.1) is 6.92 Å². The highest BCUT2D eigenvalue weighted by Gasteiger charge is 2.16. The Hall–Kier alpha value is -2.12. The number of rotatable bonds is 6. The van der Waals surface area contributed by atoms with E-state index in [2.05, 4.69) is 5.32 Å². The lowest BCUT2D eigenvalue weighted by Gasteiger charge is -2.04. The van der Waals surface area contributed by atoms with E-state index >= 15 is 0 Å². The summed E-state index contributed by atoms with van der Waals surface area (Å²) in [4.78, 5) is 23.1. The maximum absolute atomic E-state index is 12.1. The molecule has 2 rings (SSSR count). The maximum atomic E-state index is 12.1. The zero-order chi connectivity index (χ0) is 15.4. The van der Waals surface area contributed by atoms with Gasteiger partial charge in [-0.2, -0.15) is 0 Å². The average molecular weight is 307 g/mol. The second kappa shape index (κ2) is 6.55. The number of nitrogens with two attached hydrogens (primary N) is 2. The van der Waals surface area contributed by atoms with Crippen LogP contribution in [-0.4, -0.2) is 31.6 Å². The van der Waals surface area contributed by atoms with Crippen LogP contribution in [0.3, 0.4) is 0 Å². The number of hydrogen-bond donors (Lipinski definition) is 3. The molecule has 6 nitrogen and oxygen atoms in total. The van der Waals surface area contributed by atoms with E-state index < -0.39 is 5.91 Å². The molecule has 2 amide bonds. The van der Waals surface area contributed by atoms with E-state index in [4.69, 9.17) is 16.2 Å². The fourth-order valence-corrected chi connectivity index (χ4v) is 3.04. The SMILES string of the molecule is Cc1cccc2c(N)c(C(=O)NCCOCC(N)=O)sc12. The monoisotopic (exact) mass is 307 g/mol. The van der Waals surface area contributed by atoms with E-state index in [9.17, 15) is 9.59 Å². The topological polar surface area (TPSA) is 107 Å². The third kappa shape index (κ3) is 3.50. The third-order valence-electron chi connectivity index (χ3n) is 2.93. The third-order valence-corrected chi connectivity index (χ3v) is 4.29. The van der Waals surface area contributed by atoms with Gasteiger partial charge in [0.25, 0.3) is 5.91 Å². The van der Waals surface area contributed by atoms with Gasteiger partial charge >= 0.3 is 0 Å². The molecule has 0 bridgehead atoms. The zero-order valence-electron chi connectivity index (χ0n) is 11.6. The fourth-order valence-electron chi connectivity index (χ4n) is 1.94. The fraction of sp³-hybridized carbons (Fsp3) is 0.286. The summed E-state index contributed by atoms with van der Waals surface area (Å²) in [7, 11) is 0. The van der Waals surface area contributed by atoms with E-state index in [0.29, 0.717) is 17.1 Å². The summed E-state index contributed by atoms with van der Waals surface area (Å²) in [6.45, 7) is 2.34. The van der Waals surface area contributed by atoms with Crippen LogP contribution in [0.5, 0.6) is 0 Å². The van der Waals surface area contributed by atoms with Crippen molar-refractivity contribution >= 4 is 38.9 Å². The first-order valence-corrected chi connectivity index (χ1v) is 7.24. The number of carbonyl (C=O) groups excluding carboxylic acids is 2. The minimum absolute atomic E-state index is 0.153. The van der Waals surface area contributed by atoms with Crippen LogP contribution in [0.25, 0.3) is 10.1 Å². The quantitative estimate of drug-likeness (QED) is 0.692. The van der Waals surface area contributed by atoms with Crippen molar-refractivity contribution in [3.05, 3.63) is 28.6 Å². The molecule has 7 heteroatoms. The smallest absolute Gasteiger partial charge is 0.263 e. The second-order valence-corrected chi connectivity index (χ2v) is 5.59. The van der Waals surface area contributed by atoms with Crippen LogP contribution in [-0.2, 0) is 9.53 Å². The van der Waals surface area contributed by atoms with Crippen LogP contribution in [0.15, 0.2) is 18.2 Å². The lowest BCUT2D eigenvalue weighted by molar-refractivity contribution is -0.122. The molecule has 0 aliphatic carbocycles. The highest BCUT2D eigenvalue weighted by Crippen LogP contribution is 2.35. The number of aryl methyl sites for hydroxylation is 1. The van der Waals surface area contributed by atoms with Crippen LogP contribution >= 0.6 is 11.3 Å². The average Bonchev–Trinajstić information content (AvgIpc) is 2.77. The summed E-state index contributed by atoms with van der Waals surface area (Å²) < 4.78 is 5.99. The van der Waals surface area contributed by atoms with Crippen LogP contribution < -0.4 is 16.8 Å². The Bertz CT molecular complexity index is 681. The van der Waals surface area contributed by atoms with Gasteiger partial charge in [0.1, 0.15) is 11.5 Å². The molecular formula is C14H17N3O3S. The number of nitrogens with one attached hydrogen (secondary N) is 1. The lowest BCUT2D eigenvalue weighted by Crippen LogP contribution is -2.28. The Morgan fingerprint density at radius 1 is 1.38 bits per heavy atom. The molecule has 0 saturated heterocycles. The van der Waals surface area contributed by atoms with Gasteiger partial charge in [0.15, 0.2) is 0 Å². The standard InChI is InChI=1S/C14H17N3O3S/c1-8-3-2-4-9-11(16)13(21-12(8)9)14(19)17-5-6-20-7-10(15)18/h2-4H,5-7,16H2,1H3,(H2,15,18)(H,17,19). The first-order valence-electron chi connectivity index (χ1n) is 6.42. The normalized spacial score (nSPS) is 10.7. The summed E-state index contributed by atoms with van der Waals surface area (Å²) in [5, 5.41) is 3.61. The minimum Gasteiger partial charge on any atom is -0.397 e. The largest absolute Gasteiger partial charge is 0.397 e. The van der Waals surface area contributed by atoms with Crippen molar-refractivity contribution in [3.8, 4) is 0 Å². The molecule has 5 N–H and O–H groups in total. The summed E-state index contributed by atoms with van der Waals surface area (Å²) in [6, 6.07) is 5.80. The summed E-state index contributed by atoms with van der Waals surface area (Å²) in [5.41, 5.74) is 12.6. The number of benzene rings is 1. The second-order valence-electron chi connectivity index (χ2n) is 4.57. The van der Waals surface area contributed by atoms with Gasteiger partial charge in [0.2, 0.25) is 5.91 Å². The first-order chi connectivity index (χ1) is 10.0. The molecule has 0 atom stereocenters. The van der Waals surface area contributed by atoms with E-state index in [1.165, 1.54) is 11.3 Å². The number of hydrogen-bond acceptors (Lipinski definition) is 5. The molecule has 1 heterocycles. The van der Waals surface area contributed by atoms with Gasteiger partial charge in [-0.15, -0.1) is 11.3 Å².